The predicted molar refractivity (Wildman–Crippen MR) is 91.0 cm³/mol. The van der Waals surface area contributed by atoms with E-state index in [2.05, 4.69) is 38.2 Å². The molecule has 126 valence electrons. The molecule has 0 spiro atoms. The Bertz CT molecular complexity index is 811. The molecule has 0 atom stereocenters. The molecule has 7 heteroatoms. The van der Waals surface area contributed by atoms with Crippen LogP contribution < -0.4 is 10.5 Å². The van der Waals surface area contributed by atoms with Crippen LogP contribution in [0.15, 0.2) is 23.0 Å². The van der Waals surface area contributed by atoms with Crippen LogP contribution in [0.1, 0.15) is 23.4 Å². The Morgan fingerprint density at radius 1 is 1.25 bits per heavy atom. The molecule has 0 radical (unpaired) electrons. The maximum atomic E-state index is 11.4. The van der Waals surface area contributed by atoms with Crippen LogP contribution in [0.4, 0.5) is 5.82 Å². The van der Waals surface area contributed by atoms with E-state index in [1.807, 2.05) is 0 Å². The van der Waals surface area contributed by atoms with Gasteiger partial charge < -0.3 is 4.90 Å². The lowest BCUT2D eigenvalue weighted by atomic mass is 10.1. The van der Waals surface area contributed by atoms with Crippen LogP contribution in [-0.2, 0) is 26.4 Å². The molecule has 0 N–H and O–H groups in total. The average molecular weight is 326 g/mol. The van der Waals surface area contributed by atoms with Crippen molar-refractivity contribution in [2.24, 2.45) is 7.05 Å². The van der Waals surface area contributed by atoms with Crippen LogP contribution in [0.2, 0.25) is 0 Å². The van der Waals surface area contributed by atoms with Gasteiger partial charge in [-0.25, -0.2) is 4.68 Å². The van der Waals surface area contributed by atoms with Crippen molar-refractivity contribution in [1.29, 1.82) is 0 Å². The van der Waals surface area contributed by atoms with Crippen molar-refractivity contribution in [2.75, 3.05) is 25.0 Å². The minimum Gasteiger partial charge on any atom is -0.352 e. The van der Waals surface area contributed by atoms with E-state index >= 15 is 0 Å². The summed E-state index contributed by atoms with van der Waals surface area (Å²) < 4.78 is 1.39. The van der Waals surface area contributed by atoms with E-state index in [1.165, 1.54) is 22.4 Å². The summed E-state index contributed by atoms with van der Waals surface area (Å²) in [4.78, 5) is 16.0. The smallest absolute Gasteiger partial charge is 0.266 e. The number of likely N-dealkylation sites (N-methyl/N-ethyl adjacent to an activating group) is 1. The normalized spacial score (nSPS) is 17.2. The fourth-order valence-electron chi connectivity index (χ4n) is 3.41. The lowest BCUT2D eigenvalue weighted by Gasteiger charge is -2.44. The van der Waals surface area contributed by atoms with Crippen molar-refractivity contribution >= 4 is 5.82 Å². The van der Waals surface area contributed by atoms with Gasteiger partial charge in [0.25, 0.3) is 5.56 Å². The zero-order valence-electron chi connectivity index (χ0n) is 14.1. The summed E-state index contributed by atoms with van der Waals surface area (Å²) >= 11 is 0. The number of hydrogen-bond donors (Lipinski definition) is 0. The highest BCUT2D eigenvalue weighted by molar-refractivity contribution is 5.45. The first-order valence-corrected chi connectivity index (χ1v) is 8.44. The van der Waals surface area contributed by atoms with Gasteiger partial charge in [0.1, 0.15) is 0 Å². The monoisotopic (exact) mass is 326 g/mol. The Labute approximate surface area is 140 Å². The standard InChI is InChI=1S/C17H22N6O/c1-21(9-13-6-7-17(24)22(2)20-13)14-10-23(11-14)16-8-12-4-3-5-15(12)18-19-16/h6-8,14H,3-5,9-11H2,1-2H3. The fourth-order valence-corrected chi connectivity index (χ4v) is 3.41. The molecule has 3 heterocycles. The molecule has 2 aromatic rings. The van der Waals surface area contributed by atoms with Gasteiger partial charge in [0.15, 0.2) is 5.82 Å². The lowest BCUT2D eigenvalue weighted by molar-refractivity contribution is 0.193. The first kappa shape index (κ1) is 15.3. The number of nitrogens with zero attached hydrogens (tertiary/aromatic N) is 6. The Kier molecular flexibility index (Phi) is 3.80. The molecule has 1 saturated heterocycles. The van der Waals surface area contributed by atoms with E-state index < -0.39 is 0 Å². The van der Waals surface area contributed by atoms with Crippen molar-refractivity contribution in [3.05, 3.63) is 45.5 Å². The van der Waals surface area contributed by atoms with Crippen molar-refractivity contribution in [1.82, 2.24) is 24.9 Å². The summed E-state index contributed by atoms with van der Waals surface area (Å²) in [6.45, 7) is 2.65. The summed E-state index contributed by atoms with van der Waals surface area (Å²) in [6, 6.07) is 6.06. The number of hydrogen-bond acceptors (Lipinski definition) is 6. The Morgan fingerprint density at radius 3 is 2.88 bits per heavy atom. The number of rotatable bonds is 4. The van der Waals surface area contributed by atoms with Crippen LogP contribution >= 0.6 is 0 Å². The number of fused-ring (bicyclic) bond motifs is 1. The quantitative estimate of drug-likeness (QED) is 0.809. The maximum absolute atomic E-state index is 11.4. The van der Waals surface area contributed by atoms with Crippen LogP contribution in [0.3, 0.4) is 0 Å². The van der Waals surface area contributed by atoms with Gasteiger partial charge in [0.2, 0.25) is 0 Å². The highest BCUT2D eigenvalue weighted by Gasteiger charge is 2.32. The van der Waals surface area contributed by atoms with Gasteiger partial charge in [0, 0.05) is 38.8 Å². The molecule has 0 bridgehead atoms. The average Bonchev–Trinajstić information content (AvgIpc) is 2.97. The molecular weight excluding hydrogens is 304 g/mol. The molecule has 0 amide bonds. The molecule has 1 fully saturated rings. The van der Waals surface area contributed by atoms with Gasteiger partial charge in [-0.3, -0.25) is 9.69 Å². The van der Waals surface area contributed by atoms with E-state index in [1.54, 1.807) is 19.2 Å². The molecule has 2 aromatic heterocycles. The molecule has 4 rings (SSSR count). The molecule has 2 aliphatic rings. The third-order valence-corrected chi connectivity index (χ3v) is 5.04. The number of aryl methyl sites for hydroxylation is 3. The van der Waals surface area contributed by atoms with Gasteiger partial charge >= 0.3 is 0 Å². The molecular formula is C17H22N6O. The van der Waals surface area contributed by atoms with E-state index in [0.29, 0.717) is 6.04 Å². The Hall–Kier alpha value is -2.28. The minimum absolute atomic E-state index is 0.0774. The van der Waals surface area contributed by atoms with Crippen LogP contribution in [-0.4, -0.2) is 51.1 Å². The predicted octanol–water partition coefficient (Wildman–Crippen LogP) is 0.380. The summed E-state index contributed by atoms with van der Waals surface area (Å²) in [6.07, 6.45) is 3.40. The Morgan fingerprint density at radius 2 is 2.08 bits per heavy atom. The van der Waals surface area contributed by atoms with Crippen molar-refractivity contribution < 1.29 is 0 Å². The minimum atomic E-state index is -0.0774. The van der Waals surface area contributed by atoms with E-state index in [9.17, 15) is 4.79 Å². The summed E-state index contributed by atoms with van der Waals surface area (Å²) in [7, 11) is 3.78. The second-order valence-electron chi connectivity index (χ2n) is 6.79. The third kappa shape index (κ3) is 2.80. The summed E-state index contributed by atoms with van der Waals surface area (Å²) in [5.74, 6) is 1.00. The van der Waals surface area contributed by atoms with E-state index in [-0.39, 0.29) is 5.56 Å². The number of anilines is 1. The van der Waals surface area contributed by atoms with Crippen LogP contribution in [0, 0.1) is 0 Å². The lowest BCUT2D eigenvalue weighted by Crippen LogP contribution is -2.58. The highest BCUT2D eigenvalue weighted by atomic mass is 16.1. The van der Waals surface area contributed by atoms with Gasteiger partial charge in [-0.1, -0.05) is 0 Å². The molecule has 0 saturated carbocycles. The van der Waals surface area contributed by atoms with Gasteiger partial charge in [-0.2, -0.15) is 10.2 Å². The molecule has 0 unspecified atom stereocenters. The zero-order valence-corrected chi connectivity index (χ0v) is 14.1. The molecule has 7 nitrogen and oxygen atoms in total. The fraction of sp³-hybridized carbons (Fsp3) is 0.529. The molecule has 1 aliphatic heterocycles. The van der Waals surface area contributed by atoms with Gasteiger partial charge in [-0.05, 0) is 44.0 Å². The van der Waals surface area contributed by atoms with Crippen molar-refractivity contribution in [2.45, 2.75) is 31.8 Å². The maximum Gasteiger partial charge on any atom is 0.266 e. The second-order valence-corrected chi connectivity index (χ2v) is 6.79. The van der Waals surface area contributed by atoms with Crippen molar-refractivity contribution in [3.8, 4) is 0 Å². The topological polar surface area (TPSA) is 67.2 Å². The van der Waals surface area contributed by atoms with Crippen LogP contribution in [0.25, 0.3) is 0 Å². The summed E-state index contributed by atoms with van der Waals surface area (Å²) in [5, 5.41) is 13.0. The van der Waals surface area contributed by atoms with Gasteiger partial charge in [0.05, 0.1) is 11.4 Å². The molecule has 24 heavy (non-hydrogen) atoms. The SMILES string of the molecule is CN(Cc1ccc(=O)n(C)n1)C1CN(c2cc3c(nn2)CCC3)C1. The first-order chi connectivity index (χ1) is 11.6. The largest absolute Gasteiger partial charge is 0.352 e. The third-order valence-electron chi connectivity index (χ3n) is 5.04. The summed E-state index contributed by atoms with van der Waals surface area (Å²) in [5.41, 5.74) is 3.38. The highest BCUT2D eigenvalue weighted by Crippen LogP contribution is 2.26. The zero-order chi connectivity index (χ0) is 16.7. The second kappa shape index (κ2) is 5.98. The molecule has 1 aliphatic carbocycles. The number of aromatic nitrogens is 4. The van der Waals surface area contributed by atoms with E-state index in [4.69, 9.17) is 0 Å². The Balaban J connectivity index is 1.36. The van der Waals surface area contributed by atoms with Crippen molar-refractivity contribution in [3.63, 3.8) is 0 Å². The van der Waals surface area contributed by atoms with E-state index in [0.717, 1.165) is 44.0 Å². The first-order valence-electron chi connectivity index (χ1n) is 8.44. The van der Waals surface area contributed by atoms with Crippen LogP contribution in [0.5, 0.6) is 0 Å². The molecule has 0 aromatic carbocycles. The van der Waals surface area contributed by atoms with Gasteiger partial charge in [-0.15, -0.1) is 5.10 Å².